The van der Waals surface area contributed by atoms with E-state index in [1.807, 2.05) is 46.6 Å². The second kappa shape index (κ2) is 8.05. The number of fused-ring (bicyclic) bond motifs is 3. The molecule has 0 bridgehead atoms. The highest BCUT2D eigenvalue weighted by Crippen LogP contribution is 2.29. The van der Waals surface area contributed by atoms with E-state index in [0.29, 0.717) is 17.5 Å². The van der Waals surface area contributed by atoms with E-state index in [2.05, 4.69) is 24.9 Å². The lowest BCUT2D eigenvalue weighted by atomic mass is 10.1. The zero-order valence-corrected chi connectivity index (χ0v) is 18.1. The van der Waals surface area contributed by atoms with Gasteiger partial charge < -0.3 is 14.0 Å². The van der Waals surface area contributed by atoms with Crippen molar-refractivity contribution in [1.82, 2.24) is 29.1 Å². The Hall–Kier alpha value is -4.78. The zero-order valence-electron chi connectivity index (χ0n) is 18.1. The lowest BCUT2D eigenvalue weighted by molar-refractivity contribution is 0.380. The molecule has 10 heteroatoms. The first-order valence-electron chi connectivity index (χ1n) is 9.94. The third-order valence-electron chi connectivity index (χ3n) is 5.39. The van der Waals surface area contributed by atoms with Crippen molar-refractivity contribution >= 4 is 21.9 Å². The van der Waals surface area contributed by atoms with Crippen LogP contribution in [0.15, 0.2) is 60.1 Å². The van der Waals surface area contributed by atoms with Crippen LogP contribution < -0.4 is 15.1 Å². The van der Waals surface area contributed by atoms with Crippen LogP contribution in [-0.4, -0.2) is 43.3 Å². The number of ether oxygens (including phenoxy) is 2. The van der Waals surface area contributed by atoms with Crippen molar-refractivity contribution in [3.8, 4) is 34.9 Å². The van der Waals surface area contributed by atoms with Gasteiger partial charge in [0.2, 0.25) is 17.7 Å². The highest BCUT2D eigenvalue weighted by Gasteiger charge is 2.16. The molecule has 0 saturated carbocycles. The summed E-state index contributed by atoms with van der Waals surface area (Å²) >= 11 is 0. The highest BCUT2D eigenvalue weighted by atomic mass is 16.5. The molecular weight excluding hydrogens is 420 g/mol. The van der Waals surface area contributed by atoms with Crippen LogP contribution in [0, 0.1) is 11.5 Å². The molecule has 5 aromatic rings. The maximum atomic E-state index is 9.35. The van der Waals surface area contributed by atoms with E-state index in [1.54, 1.807) is 38.0 Å². The van der Waals surface area contributed by atoms with Gasteiger partial charge in [-0.1, -0.05) is 6.07 Å². The number of nitriles is 1. The molecule has 0 unspecified atom stereocenters. The monoisotopic (exact) mass is 438 g/mol. The standard InChI is InChI=1S/C23H18N8O2/c1-30-19-12-25-18-6-4-14(15-9-27-22(33-3)28-10-15)8-17(18)21(19)31(23(30)29-13-24)16-5-7-20(32-2)26-11-16/h4-12H,1-3H3/b29-23-. The van der Waals surface area contributed by atoms with Crippen LogP contribution in [0.4, 0.5) is 0 Å². The van der Waals surface area contributed by atoms with Crippen molar-refractivity contribution in [2.75, 3.05) is 14.2 Å². The molecule has 0 saturated heterocycles. The van der Waals surface area contributed by atoms with E-state index in [-0.39, 0.29) is 0 Å². The van der Waals surface area contributed by atoms with Crippen LogP contribution in [0.5, 0.6) is 11.9 Å². The number of methoxy groups -OCH3 is 2. The van der Waals surface area contributed by atoms with Gasteiger partial charge in [0.1, 0.15) is 0 Å². The fraction of sp³-hybridized carbons (Fsp3) is 0.130. The molecule has 162 valence electrons. The van der Waals surface area contributed by atoms with Gasteiger partial charge in [0.05, 0.1) is 48.9 Å². The molecule has 0 atom stereocenters. The van der Waals surface area contributed by atoms with Gasteiger partial charge in [0.25, 0.3) is 0 Å². The molecule has 0 amide bonds. The minimum absolute atomic E-state index is 0.305. The van der Waals surface area contributed by atoms with Crippen LogP contribution in [0.1, 0.15) is 0 Å². The van der Waals surface area contributed by atoms with Crippen molar-refractivity contribution in [1.29, 1.82) is 5.26 Å². The Morgan fingerprint density at radius 2 is 1.73 bits per heavy atom. The van der Waals surface area contributed by atoms with E-state index < -0.39 is 0 Å². The molecule has 10 nitrogen and oxygen atoms in total. The molecule has 33 heavy (non-hydrogen) atoms. The minimum Gasteiger partial charge on any atom is -0.481 e. The molecule has 1 aromatic carbocycles. The van der Waals surface area contributed by atoms with Crippen LogP contribution in [-0.2, 0) is 7.05 Å². The molecule has 4 heterocycles. The molecule has 0 aliphatic carbocycles. The molecule has 4 aromatic heterocycles. The Morgan fingerprint density at radius 1 is 0.909 bits per heavy atom. The first-order valence-corrected chi connectivity index (χ1v) is 9.94. The Balaban J connectivity index is 1.84. The fourth-order valence-corrected chi connectivity index (χ4v) is 3.80. The van der Waals surface area contributed by atoms with E-state index >= 15 is 0 Å². The van der Waals surface area contributed by atoms with Gasteiger partial charge in [-0.2, -0.15) is 5.26 Å². The van der Waals surface area contributed by atoms with Crippen LogP contribution >= 0.6 is 0 Å². The topological polar surface area (TPSA) is 116 Å². The lowest BCUT2D eigenvalue weighted by Gasteiger charge is -2.09. The van der Waals surface area contributed by atoms with E-state index in [9.17, 15) is 5.26 Å². The predicted octanol–water partition coefficient (Wildman–Crippen LogP) is 2.77. The fourth-order valence-electron chi connectivity index (χ4n) is 3.80. The summed E-state index contributed by atoms with van der Waals surface area (Å²) in [5, 5.41) is 10.2. The van der Waals surface area contributed by atoms with Crippen molar-refractivity contribution in [3.63, 3.8) is 0 Å². The van der Waals surface area contributed by atoms with E-state index in [4.69, 9.17) is 9.47 Å². The van der Waals surface area contributed by atoms with Gasteiger partial charge in [-0.15, -0.1) is 4.99 Å². The van der Waals surface area contributed by atoms with Gasteiger partial charge >= 0.3 is 6.01 Å². The van der Waals surface area contributed by atoms with Gasteiger partial charge in [-0.25, -0.2) is 15.0 Å². The number of aromatic nitrogens is 6. The highest BCUT2D eigenvalue weighted by molar-refractivity contribution is 6.04. The number of benzene rings is 1. The van der Waals surface area contributed by atoms with Crippen molar-refractivity contribution in [2.45, 2.75) is 0 Å². The largest absolute Gasteiger partial charge is 0.481 e. The molecule has 0 fully saturated rings. The summed E-state index contributed by atoms with van der Waals surface area (Å²) < 4.78 is 14.0. The molecule has 5 rings (SSSR count). The van der Waals surface area contributed by atoms with Crippen molar-refractivity contribution in [2.24, 2.45) is 12.0 Å². The van der Waals surface area contributed by atoms with Crippen molar-refractivity contribution in [3.05, 3.63) is 60.7 Å². The van der Waals surface area contributed by atoms with Crippen LogP contribution in [0.3, 0.4) is 0 Å². The summed E-state index contributed by atoms with van der Waals surface area (Å²) in [6.07, 6.45) is 8.79. The summed E-state index contributed by atoms with van der Waals surface area (Å²) in [5.74, 6) is 0.492. The normalized spacial score (nSPS) is 11.6. The Kier molecular flexibility index (Phi) is 4.91. The average molecular weight is 438 g/mol. The Labute approximate surface area is 188 Å². The predicted molar refractivity (Wildman–Crippen MR) is 121 cm³/mol. The van der Waals surface area contributed by atoms with Gasteiger partial charge in [-0.05, 0) is 23.8 Å². The third kappa shape index (κ3) is 3.32. The molecule has 0 radical (unpaired) electrons. The molecule has 0 N–H and O–H groups in total. The number of pyridine rings is 2. The zero-order chi connectivity index (χ0) is 22.9. The summed E-state index contributed by atoms with van der Waals surface area (Å²) in [6.45, 7) is 0. The lowest BCUT2D eigenvalue weighted by Crippen LogP contribution is -2.22. The molecule has 0 spiro atoms. The van der Waals surface area contributed by atoms with E-state index in [0.717, 1.165) is 38.8 Å². The Morgan fingerprint density at radius 3 is 2.39 bits per heavy atom. The summed E-state index contributed by atoms with van der Waals surface area (Å²) in [7, 11) is 4.94. The van der Waals surface area contributed by atoms with Gasteiger partial charge in [0, 0.05) is 36.5 Å². The number of hydrogen-bond donors (Lipinski definition) is 0. The number of aryl methyl sites for hydroxylation is 1. The molecule has 0 aliphatic heterocycles. The van der Waals surface area contributed by atoms with Crippen molar-refractivity contribution < 1.29 is 9.47 Å². The Bertz CT molecular complexity index is 1590. The first-order chi connectivity index (χ1) is 16.1. The minimum atomic E-state index is 0.305. The third-order valence-corrected chi connectivity index (χ3v) is 5.39. The number of rotatable bonds is 4. The molecular formula is C23H18N8O2. The van der Waals surface area contributed by atoms with Gasteiger partial charge in [-0.3, -0.25) is 9.55 Å². The maximum absolute atomic E-state index is 9.35. The SMILES string of the molecule is COc1ccc(-n2/c(=N\C#N)n(C)c3cnc4ccc(-c5cnc(OC)nc5)cc4c32)cn1. The summed E-state index contributed by atoms with van der Waals surface area (Å²) in [5.41, 5.74) is 5.40. The van der Waals surface area contributed by atoms with Crippen LogP contribution in [0.25, 0.3) is 38.8 Å². The summed E-state index contributed by atoms with van der Waals surface area (Å²) in [4.78, 5) is 21.5. The quantitative estimate of drug-likeness (QED) is 0.396. The maximum Gasteiger partial charge on any atom is 0.316 e. The second-order valence-corrected chi connectivity index (χ2v) is 7.15. The van der Waals surface area contributed by atoms with E-state index in [1.165, 1.54) is 7.11 Å². The second-order valence-electron chi connectivity index (χ2n) is 7.15. The number of hydrogen-bond acceptors (Lipinski definition) is 8. The smallest absolute Gasteiger partial charge is 0.316 e. The first kappa shape index (κ1) is 20.1. The average Bonchev–Trinajstić information content (AvgIpc) is 3.16. The molecule has 0 aliphatic rings. The van der Waals surface area contributed by atoms with Gasteiger partial charge in [0.15, 0.2) is 0 Å². The summed E-state index contributed by atoms with van der Waals surface area (Å²) in [6, 6.07) is 9.88. The number of nitrogens with zero attached hydrogens (tertiary/aromatic N) is 8. The van der Waals surface area contributed by atoms with Crippen LogP contribution in [0.2, 0.25) is 0 Å². The number of imidazole rings is 1.